The van der Waals surface area contributed by atoms with Gasteiger partial charge in [-0.25, -0.2) is 4.39 Å². The second kappa shape index (κ2) is 7.70. The number of hydrogen-bond donors (Lipinski definition) is 1. The molecule has 2 saturated heterocycles. The number of halogens is 1. The third kappa shape index (κ3) is 4.79. The first-order valence-electron chi connectivity index (χ1n) is 9.38. The summed E-state index contributed by atoms with van der Waals surface area (Å²) in [5, 5.41) is 10.5. The number of nitrogens with zero attached hydrogens (tertiary/aromatic N) is 2. The lowest BCUT2D eigenvalue weighted by Crippen LogP contribution is -2.49. The first kappa shape index (κ1) is 18.8. The molecule has 5 heteroatoms. The molecule has 3 rings (SSSR count). The summed E-state index contributed by atoms with van der Waals surface area (Å²) in [7, 11) is 0. The van der Waals surface area contributed by atoms with E-state index in [1.165, 1.54) is 6.07 Å². The van der Waals surface area contributed by atoms with E-state index in [2.05, 4.69) is 30.6 Å². The van der Waals surface area contributed by atoms with Crippen molar-refractivity contribution in [2.45, 2.75) is 50.9 Å². The van der Waals surface area contributed by atoms with Gasteiger partial charge in [-0.15, -0.1) is 0 Å². The van der Waals surface area contributed by atoms with Crippen LogP contribution in [0.25, 0.3) is 0 Å². The Morgan fingerprint density at radius 1 is 1.24 bits per heavy atom. The number of aliphatic hydroxyl groups excluding tert-OH is 1. The highest BCUT2D eigenvalue weighted by atomic mass is 19.1. The third-order valence-corrected chi connectivity index (χ3v) is 5.51. The van der Waals surface area contributed by atoms with Gasteiger partial charge in [0.15, 0.2) is 0 Å². The Balaban J connectivity index is 1.52. The fourth-order valence-electron chi connectivity index (χ4n) is 4.40. The Hall–Kier alpha value is -1.01. The van der Waals surface area contributed by atoms with Crippen molar-refractivity contribution in [1.82, 2.24) is 9.80 Å². The van der Waals surface area contributed by atoms with Gasteiger partial charge >= 0.3 is 0 Å². The molecule has 0 saturated carbocycles. The highest BCUT2D eigenvalue weighted by molar-refractivity contribution is 5.27. The lowest BCUT2D eigenvalue weighted by molar-refractivity contribution is -0.0777. The summed E-state index contributed by atoms with van der Waals surface area (Å²) >= 11 is 0. The zero-order valence-corrected chi connectivity index (χ0v) is 15.6. The van der Waals surface area contributed by atoms with Crippen molar-refractivity contribution < 1.29 is 14.2 Å². The van der Waals surface area contributed by atoms with Crippen LogP contribution in [0.3, 0.4) is 0 Å². The Kier molecular flexibility index (Phi) is 5.78. The zero-order chi connectivity index (χ0) is 18.0. The smallest absolute Gasteiger partial charge is 0.123 e. The van der Waals surface area contributed by atoms with Crippen molar-refractivity contribution in [3.05, 3.63) is 35.6 Å². The van der Waals surface area contributed by atoms with Crippen LogP contribution in [-0.4, -0.2) is 72.5 Å². The van der Waals surface area contributed by atoms with Gasteiger partial charge in [-0.3, -0.25) is 9.80 Å². The summed E-state index contributed by atoms with van der Waals surface area (Å²) in [6.45, 7) is 11.3. The van der Waals surface area contributed by atoms with Gasteiger partial charge in [-0.2, -0.15) is 0 Å². The number of benzene rings is 1. The summed E-state index contributed by atoms with van der Waals surface area (Å²) in [5.41, 5.74) is 1.02. The normalized spacial score (nSPS) is 32.8. The lowest BCUT2D eigenvalue weighted by Gasteiger charge is -2.36. The van der Waals surface area contributed by atoms with Gasteiger partial charge in [0.05, 0.1) is 18.3 Å². The maximum absolute atomic E-state index is 13.6. The average molecular weight is 350 g/mol. The highest BCUT2D eigenvalue weighted by Gasteiger charge is 2.36. The maximum Gasteiger partial charge on any atom is 0.123 e. The molecule has 0 amide bonds. The molecule has 0 aliphatic carbocycles. The first-order chi connectivity index (χ1) is 11.8. The van der Waals surface area contributed by atoms with E-state index in [1.807, 2.05) is 6.07 Å². The van der Waals surface area contributed by atoms with Crippen LogP contribution in [-0.2, 0) is 10.2 Å². The minimum absolute atomic E-state index is 0.0379. The largest absolute Gasteiger partial charge is 0.390 e. The number of β-amino-alcohol motifs (C(OH)–C–C–N with tert-alkyl or cyclic N) is 1. The summed E-state index contributed by atoms with van der Waals surface area (Å²) in [5.74, 6) is -0.173. The number of ether oxygens (including phenoxy) is 1. The van der Waals surface area contributed by atoms with Crippen LogP contribution in [0.1, 0.15) is 32.8 Å². The molecule has 0 radical (unpaired) electrons. The van der Waals surface area contributed by atoms with Crippen LogP contribution in [0, 0.1) is 5.82 Å². The molecule has 4 nitrogen and oxygen atoms in total. The van der Waals surface area contributed by atoms with Gasteiger partial charge in [-0.05, 0) is 44.5 Å². The molecular formula is C20H31FN2O2. The van der Waals surface area contributed by atoms with Crippen molar-refractivity contribution in [3.63, 3.8) is 0 Å². The number of aliphatic hydroxyl groups is 1. The second-order valence-electron chi connectivity index (χ2n) is 8.19. The van der Waals surface area contributed by atoms with E-state index in [0.29, 0.717) is 13.1 Å². The summed E-state index contributed by atoms with van der Waals surface area (Å²) < 4.78 is 19.3. The molecule has 25 heavy (non-hydrogen) atoms. The standard InChI is InChI=1S/C20H31FN2O2/c1-15-10-23(11-16(2)25-15)13-19(24)12-22-8-7-20(3,14-22)17-5-4-6-18(21)9-17/h4-6,9,15-16,19,24H,7-8,10-14H2,1-3H3/t15-,16+,19?,20?. The van der Waals surface area contributed by atoms with Gasteiger partial charge in [-0.1, -0.05) is 19.1 Å². The molecule has 2 aliphatic heterocycles. The van der Waals surface area contributed by atoms with Crippen molar-refractivity contribution in [2.75, 3.05) is 39.3 Å². The molecule has 2 fully saturated rings. The number of hydrogen-bond acceptors (Lipinski definition) is 4. The molecule has 2 unspecified atom stereocenters. The van der Waals surface area contributed by atoms with Gasteiger partial charge < -0.3 is 9.84 Å². The average Bonchev–Trinajstić information content (AvgIpc) is 2.88. The quantitative estimate of drug-likeness (QED) is 0.884. The predicted octanol–water partition coefficient (Wildman–Crippen LogP) is 2.26. The Labute approximate surface area is 150 Å². The molecule has 0 aromatic heterocycles. The summed E-state index contributed by atoms with van der Waals surface area (Å²) in [4.78, 5) is 4.61. The van der Waals surface area contributed by atoms with Gasteiger partial charge in [0.2, 0.25) is 0 Å². The predicted molar refractivity (Wildman–Crippen MR) is 97.3 cm³/mol. The van der Waals surface area contributed by atoms with Crippen LogP contribution in [0.4, 0.5) is 4.39 Å². The Morgan fingerprint density at radius 2 is 1.92 bits per heavy atom. The molecular weight excluding hydrogens is 319 g/mol. The van der Waals surface area contributed by atoms with E-state index < -0.39 is 0 Å². The van der Waals surface area contributed by atoms with E-state index in [1.54, 1.807) is 12.1 Å². The molecule has 140 valence electrons. The van der Waals surface area contributed by atoms with E-state index in [9.17, 15) is 9.50 Å². The molecule has 2 heterocycles. The fourth-order valence-corrected chi connectivity index (χ4v) is 4.40. The van der Waals surface area contributed by atoms with Crippen LogP contribution in [0.2, 0.25) is 0 Å². The van der Waals surface area contributed by atoms with Crippen molar-refractivity contribution in [2.24, 2.45) is 0 Å². The van der Waals surface area contributed by atoms with Crippen molar-refractivity contribution in [3.8, 4) is 0 Å². The van der Waals surface area contributed by atoms with Crippen LogP contribution in [0.5, 0.6) is 0 Å². The molecule has 4 atom stereocenters. The number of morpholine rings is 1. The highest BCUT2D eigenvalue weighted by Crippen LogP contribution is 2.34. The minimum Gasteiger partial charge on any atom is -0.390 e. The molecule has 1 aromatic carbocycles. The molecule has 1 N–H and O–H groups in total. The van der Waals surface area contributed by atoms with Gasteiger partial charge in [0.25, 0.3) is 0 Å². The van der Waals surface area contributed by atoms with Gasteiger partial charge in [0, 0.05) is 38.1 Å². The SMILES string of the molecule is C[C@@H]1CN(CC(O)CN2CCC(C)(c3cccc(F)c3)C2)C[C@H](C)O1. The van der Waals surface area contributed by atoms with Crippen molar-refractivity contribution >= 4 is 0 Å². The van der Waals surface area contributed by atoms with E-state index in [-0.39, 0.29) is 29.5 Å². The monoisotopic (exact) mass is 350 g/mol. The van der Waals surface area contributed by atoms with Crippen LogP contribution < -0.4 is 0 Å². The lowest BCUT2D eigenvalue weighted by atomic mass is 9.82. The van der Waals surface area contributed by atoms with Crippen LogP contribution >= 0.6 is 0 Å². The topological polar surface area (TPSA) is 35.9 Å². The summed E-state index contributed by atoms with van der Waals surface area (Å²) in [6.07, 6.45) is 1.07. The molecule has 2 aliphatic rings. The number of likely N-dealkylation sites (tertiary alicyclic amines) is 1. The van der Waals surface area contributed by atoms with E-state index >= 15 is 0 Å². The van der Waals surface area contributed by atoms with Crippen LogP contribution in [0.15, 0.2) is 24.3 Å². The molecule has 0 bridgehead atoms. The van der Waals surface area contributed by atoms with E-state index in [0.717, 1.165) is 38.2 Å². The number of rotatable bonds is 5. The fraction of sp³-hybridized carbons (Fsp3) is 0.700. The Bertz CT molecular complexity index is 575. The van der Waals surface area contributed by atoms with Gasteiger partial charge in [0.1, 0.15) is 5.82 Å². The Morgan fingerprint density at radius 3 is 2.60 bits per heavy atom. The summed E-state index contributed by atoms with van der Waals surface area (Å²) in [6, 6.07) is 6.94. The minimum atomic E-state index is -0.368. The zero-order valence-electron chi connectivity index (χ0n) is 15.6. The van der Waals surface area contributed by atoms with Crippen molar-refractivity contribution in [1.29, 1.82) is 0 Å². The first-order valence-corrected chi connectivity index (χ1v) is 9.38. The van der Waals surface area contributed by atoms with E-state index in [4.69, 9.17) is 4.74 Å². The molecule has 1 aromatic rings. The third-order valence-electron chi connectivity index (χ3n) is 5.51. The molecule has 0 spiro atoms. The second-order valence-corrected chi connectivity index (χ2v) is 8.19. The maximum atomic E-state index is 13.6.